The smallest absolute Gasteiger partial charge is 0.314 e. The summed E-state index contributed by atoms with van der Waals surface area (Å²) in [4.78, 5) is 15.1. The van der Waals surface area contributed by atoms with Gasteiger partial charge in [-0.05, 0) is 54.4 Å². The van der Waals surface area contributed by atoms with Gasteiger partial charge in [0, 0.05) is 16.6 Å². The number of fused-ring (bicyclic) bond motifs is 1. The third-order valence-corrected chi connectivity index (χ3v) is 4.32. The molecule has 1 aliphatic heterocycles. The lowest BCUT2D eigenvalue weighted by Gasteiger charge is -2.28. The van der Waals surface area contributed by atoms with E-state index >= 15 is 0 Å². The van der Waals surface area contributed by atoms with E-state index in [0.717, 1.165) is 34.9 Å². The highest BCUT2D eigenvalue weighted by Crippen LogP contribution is 2.27. The minimum absolute atomic E-state index is 0.00370. The summed E-state index contributed by atoms with van der Waals surface area (Å²) in [7, 11) is 0. The van der Waals surface area contributed by atoms with Crippen LogP contribution in [0.3, 0.4) is 0 Å². The van der Waals surface area contributed by atoms with Gasteiger partial charge in [0.15, 0.2) is 0 Å². The number of benzene rings is 1. The van der Waals surface area contributed by atoms with E-state index < -0.39 is 0 Å². The molecule has 2 N–H and O–H groups in total. The SMILES string of the molecule is CC1CC(n2c(=O)[nH]c3c(Br)cccc32)CCN1. The molecule has 18 heavy (non-hydrogen) atoms. The summed E-state index contributed by atoms with van der Waals surface area (Å²) in [5.74, 6) is 0. The molecule has 1 saturated heterocycles. The standard InChI is InChI=1S/C13H16BrN3O/c1-8-7-9(5-6-15-8)17-11-4-2-3-10(14)12(11)16-13(17)18/h2-4,8-9,15H,5-7H2,1H3,(H,16,18). The van der Waals surface area contributed by atoms with Gasteiger partial charge in [0.05, 0.1) is 11.0 Å². The fourth-order valence-corrected chi connectivity index (χ4v) is 3.27. The molecule has 2 heterocycles. The molecule has 2 atom stereocenters. The van der Waals surface area contributed by atoms with E-state index in [-0.39, 0.29) is 11.7 Å². The molecule has 0 aliphatic carbocycles. The van der Waals surface area contributed by atoms with Gasteiger partial charge in [0.25, 0.3) is 0 Å². The van der Waals surface area contributed by atoms with Crippen molar-refractivity contribution in [2.75, 3.05) is 6.54 Å². The highest BCUT2D eigenvalue weighted by Gasteiger charge is 2.23. The highest BCUT2D eigenvalue weighted by molar-refractivity contribution is 9.10. The first-order valence-corrected chi connectivity index (χ1v) is 7.08. The van der Waals surface area contributed by atoms with Crippen LogP contribution < -0.4 is 11.0 Å². The van der Waals surface area contributed by atoms with Crippen LogP contribution >= 0.6 is 15.9 Å². The fourth-order valence-electron chi connectivity index (χ4n) is 2.82. The second-order valence-electron chi connectivity index (χ2n) is 4.97. The van der Waals surface area contributed by atoms with Crippen molar-refractivity contribution in [3.05, 3.63) is 33.2 Å². The number of nitrogens with zero attached hydrogens (tertiary/aromatic N) is 1. The van der Waals surface area contributed by atoms with E-state index in [0.29, 0.717) is 6.04 Å². The summed E-state index contributed by atoms with van der Waals surface area (Å²) < 4.78 is 2.86. The molecule has 3 rings (SSSR count). The third-order valence-electron chi connectivity index (χ3n) is 3.66. The summed E-state index contributed by atoms with van der Waals surface area (Å²) in [5, 5.41) is 3.42. The Morgan fingerprint density at radius 3 is 3.06 bits per heavy atom. The Hall–Kier alpha value is -1.07. The highest BCUT2D eigenvalue weighted by atomic mass is 79.9. The number of rotatable bonds is 1. The predicted octanol–water partition coefficient (Wildman–Crippen LogP) is 2.41. The summed E-state index contributed by atoms with van der Waals surface area (Å²) in [6, 6.07) is 6.68. The summed E-state index contributed by atoms with van der Waals surface area (Å²) in [6.45, 7) is 3.14. The minimum atomic E-state index is -0.00370. The van der Waals surface area contributed by atoms with Crippen LogP contribution in [-0.4, -0.2) is 22.1 Å². The maximum Gasteiger partial charge on any atom is 0.326 e. The predicted molar refractivity (Wildman–Crippen MR) is 76.0 cm³/mol. The first-order chi connectivity index (χ1) is 8.66. The number of imidazole rings is 1. The van der Waals surface area contributed by atoms with Crippen LogP contribution in [0, 0.1) is 0 Å². The minimum Gasteiger partial charge on any atom is -0.314 e. The molecular weight excluding hydrogens is 294 g/mol. The van der Waals surface area contributed by atoms with E-state index in [2.05, 4.69) is 33.2 Å². The van der Waals surface area contributed by atoms with Crippen molar-refractivity contribution in [1.29, 1.82) is 0 Å². The molecule has 4 nitrogen and oxygen atoms in total. The molecule has 1 aromatic heterocycles. The summed E-state index contributed by atoms with van der Waals surface area (Å²) in [5.41, 5.74) is 1.89. The van der Waals surface area contributed by atoms with E-state index in [4.69, 9.17) is 0 Å². The topological polar surface area (TPSA) is 49.8 Å². The van der Waals surface area contributed by atoms with Crippen LogP contribution in [0.2, 0.25) is 0 Å². The van der Waals surface area contributed by atoms with Crippen LogP contribution in [0.5, 0.6) is 0 Å². The first kappa shape index (κ1) is 12.0. The van der Waals surface area contributed by atoms with Gasteiger partial charge >= 0.3 is 5.69 Å². The lowest BCUT2D eigenvalue weighted by molar-refractivity contribution is 0.314. The monoisotopic (exact) mass is 309 g/mol. The molecule has 96 valence electrons. The van der Waals surface area contributed by atoms with Crippen LogP contribution in [-0.2, 0) is 0 Å². The number of hydrogen-bond donors (Lipinski definition) is 2. The van der Waals surface area contributed by atoms with E-state index in [1.807, 2.05) is 22.8 Å². The number of halogens is 1. The van der Waals surface area contributed by atoms with Crippen molar-refractivity contribution < 1.29 is 0 Å². The lowest BCUT2D eigenvalue weighted by Crippen LogP contribution is -2.38. The maximum absolute atomic E-state index is 12.2. The first-order valence-electron chi connectivity index (χ1n) is 6.29. The number of nitrogens with one attached hydrogen (secondary N) is 2. The Bertz CT molecular complexity index is 631. The quantitative estimate of drug-likeness (QED) is 0.850. The van der Waals surface area contributed by atoms with Crippen molar-refractivity contribution in [1.82, 2.24) is 14.9 Å². The van der Waals surface area contributed by atoms with Gasteiger partial charge in [-0.1, -0.05) is 6.07 Å². The fraction of sp³-hybridized carbons (Fsp3) is 0.462. The average molecular weight is 310 g/mol. The Morgan fingerprint density at radius 1 is 1.44 bits per heavy atom. The van der Waals surface area contributed by atoms with Crippen LogP contribution in [0.1, 0.15) is 25.8 Å². The molecular formula is C13H16BrN3O. The molecule has 0 radical (unpaired) electrons. The second kappa shape index (κ2) is 4.55. The van der Waals surface area contributed by atoms with Gasteiger partial charge < -0.3 is 10.3 Å². The van der Waals surface area contributed by atoms with Crippen LogP contribution in [0.25, 0.3) is 11.0 Å². The number of aromatic nitrogens is 2. The van der Waals surface area contributed by atoms with Crippen LogP contribution in [0.15, 0.2) is 27.5 Å². The largest absolute Gasteiger partial charge is 0.326 e. The average Bonchev–Trinajstić information content (AvgIpc) is 2.67. The van der Waals surface area contributed by atoms with Gasteiger partial charge in [-0.2, -0.15) is 0 Å². The van der Waals surface area contributed by atoms with Crippen molar-refractivity contribution in [3.8, 4) is 0 Å². The number of piperidine rings is 1. The Labute approximate surface area is 114 Å². The molecule has 1 aromatic carbocycles. The molecule has 0 saturated carbocycles. The van der Waals surface area contributed by atoms with E-state index in [1.165, 1.54) is 0 Å². The third kappa shape index (κ3) is 1.91. The molecule has 0 bridgehead atoms. The number of hydrogen-bond acceptors (Lipinski definition) is 2. The van der Waals surface area contributed by atoms with E-state index in [9.17, 15) is 4.79 Å². The van der Waals surface area contributed by atoms with Crippen molar-refractivity contribution >= 4 is 27.0 Å². The molecule has 1 fully saturated rings. The molecule has 2 aromatic rings. The normalized spacial score (nSPS) is 24.6. The number of H-pyrrole nitrogens is 1. The summed E-state index contributed by atoms with van der Waals surface area (Å²) in [6.07, 6.45) is 2.00. The van der Waals surface area contributed by atoms with Crippen LogP contribution in [0.4, 0.5) is 0 Å². The van der Waals surface area contributed by atoms with Gasteiger partial charge in [-0.3, -0.25) is 4.57 Å². The Balaban J connectivity index is 2.14. The van der Waals surface area contributed by atoms with Crippen molar-refractivity contribution in [2.45, 2.75) is 31.8 Å². The zero-order valence-electron chi connectivity index (χ0n) is 10.2. The van der Waals surface area contributed by atoms with Crippen molar-refractivity contribution in [2.24, 2.45) is 0 Å². The van der Waals surface area contributed by atoms with Gasteiger partial charge in [-0.25, -0.2) is 4.79 Å². The Morgan fingerprint density at radius 2 is 2.28 bits per heavy atom. The van der Waals surface area contributed by atoms with E-state index in [1.54, 1.807) is 0 Å². The second-order valence-corrected chi connectivity index (χ2v) is 5.82. The van der Waals surface area contributed by atoms with Crippen molar-refractivity contribution in [3.63, 3.8) is 0 Å². The van der Waals surface area contributed by atoms with Gasteiger partial charge in [-0.15, -0.1) is 0 Å². The molecule has 0 amide bonds. The zero-order valence-corrected chi connectivity index (χ0v) is 11.8. The summed E-state index contributed by atoms with van der Waals surface area (Å²) >= 11 is 3.48. The number of para-hydroxylation sites is 1. The number of aromatic amines is 1. The van der Waals surface area contributed by atoms with Gasteiger partial charge in [0.2, 0.25) is 0 Å². The Kier molecular flexibility index (Phi) is 3.03. The molecule has 1 aliphatic rings. The van der Waals surface area contributed by atoms with Gasteiger partial charge in [0.1, 0.15) is 0 Å². The lowest BCUT2D eigenvalue weighted by atomic mass is 10.0. The zero-order chi connectivity index (χ0) is 12.7. The maximum atomic E-state index is 12.2. The molecule has 0 spiro atoms. The molecule has 2 unspecified atom stereocenters. The molecule has 5 heteroatoms.